The van der Waals surface area contributed by atoms with Gasteiger partial charge in [0.05, 0.1) is 12.1 Å². The summed E-state index contributed by atoms with van der Waals surface area (Å²) in [7, 11) is 0. The topological polar surface area (TPSA) is 70.2 Å². The second-order valence-electron chi connectivity index (χ2n) is 6.71. The summed E-state index contributed by atoms with van der Waals surface area (Å²) in [5, 5.41) is 8.20. The lowest BCUT2D eigenvalue weighted by molar-refractivity contribution is -0.137. The summed E-state index contributed by atoms with van der Waals surface area (Å²) >= 11 is 0. The van der Waals surface area contributed by atoms with E-state index in [1.54, 1.807) is 24.3 Å². The summed E-state index contributed by atoms with van der Waals surface area (Å²) in [5.41, 5.74) is 0.868. The molecule has 0 bridgehead atoms. The van der Waals surface area contributed by atoms with Crippen LogP contribution in [0.25, 0.3) is 0 Å². The van der Waals surface area contributed by atoms with Crippen LogP contribution in [0.3, 0.4) is 0 Å². The lowest BCUT2D eigenvalue weighted by Gasteiger charge is -2.12. The zero-order valence-corrected chi connectivity index (χ0v) is 16.3. The van der Waals surface area contributed by atoms with E-state index in [4.69, 9.17) is 0 Å². The van der Waals surface area contributed by atoms with Crippen LogP contribution in [0, 0.1) is 5.92 Å². The van der Waals surface area contributed by atoms with Gasteiger partial charge >= 0.3 is 6.18 Å². The first-order valence-electron chi connectivity index (χ1n) is 9.26. The smallest absolute Gasteiger partial charge is 0.376 e. The van der Waals surface area contributed by atoms with Gasteiger partial charge in [0, 0.05) is 23.8 Å². The predicted molar refractivity (Wildman–Crippen MR) is 106 cm³/mol. The van der Waals surface area contributed by atoms with Gasteiger partial charge in [0.2, 0.25) is 11.8 Å². The van der Waals surface area contributed by atoms with Crippen molar-refractivity contribution < 1.29 is 22.8 Å². The van der Waals surface area contributed by atoms with E-state index in [1.807, 2.05) is 13.8 Å². The molecule has 2 aromatic rings. The number of nitrogens with one attached hydrogen (secondary N) is 3. The average Bonchev–Trinajstić information content (AvgIpc) is 2.70. The number of rotatable bonds is 8. The van der Waals surface area contributed by atoms with Crippen molar-refractivity contribution in [3.8, 4) is 0 Å². The molecule has 2 rings (SSSR count). The van der Waals surface area contributed by atoms with Crippen LogP contribution < -0.4 is 16.0 Å². The van der Waals surface area contributed by atoms with Crippen LogP contribution in [-0.2, 0) is 22.3 Å². The lowest BCUT2D eigenvalue weighted by atomic mass is 10.1. The van der Waals surface area contributed by atoms with Crippen LogP contribution in [0.15, 0.2) is 48.5 Å². The normalized spacial score (nSPS) is 12.2. The van der Waals surface area contributed by atoms with Crippen molar-refractivity contribution in [1.29, 1.82) is 0 Å². The molecule has 0 spiro atoms. The Morgan fingerprint density at radius 1 is 1.03 bits per heavy atom. The van der Waals surface area contributed by atoms with E-state index in [2.05, 4.69) is 16.0 Å². The van der Waals surface area contributed by atoms with Crippen LogP contribution in [0.5, 0.6) is 0 Å². The van der Waals surface area contributed by atoms with Crippen molar-refractivity contribution in [2.75, 3.05) is 17.2 Å². The van der Waals surface area contributed by atoms with Crippen LogP contribution >= 0.6 is 0 Å². The number of anilines is 2. The highest BCUT2D eigenvalue weighted by molar-refractivity contribution is 5.92. The van der Waals surface area contributed by atoms with Gasteiger partial charge in [-0.25, -0.2) is 0 Å². The zero-order chi connectivity index (χ0) is 21.4. The third-order valence-corrected chi connectivity index (χ3v) is 4.39. The predicted octanol–water partition coefficient (Wildman–Crippen LogP) is 4.42. The highest BCUT2D eigenvalue weighted by Crippen LogP contribution is 2.30. The van der Waals surface area contributed by atoms with E-state index in [0.29, 0.717) is 5.69 Å². The van der Waals surface area contributed by atoms with Crippen LogP contribution in [-0.4, -0.2) is 18.4 Å². The molecule has 29 heavy (non-hydrogen) atoms. The summed E-state index contributed by atoms with van der Waals surface area (Å²) in [6.07, 6.45) is -3.70. The minimum absolute atomic E-state index is 0.0704. The number of hydrogen-bond donors (Lipinski definition) is 3. The second kappa shape index (κ2) is 9.95. The molecule has 5 nitrogen and oxygen atoms in total. The fourth-order valence-electron chi connectivity index (χ4n) is 2.46. The Hall–Kier alpha value is -3.03. The molecule has 0 aliphatic rings. The third kappa shape index (κ3) is 7.14. The highest BCUT2D eigenvalue weighted by atomic mass is 19.4. The van der Waals surface area contributed by atoms with Gasteiger partial charge in [-0.2, -0.15) is 13.2 Å². The van der Waals surface area contributed by atoms with E-state index in [9.17, 15) is 22.8 Å². The zero-order valence-electron chi connectivity index (χ0n) is 16.3. The maximum absolute atomic E-state index is 12.7. The van der Waals surface area contributed by atoms with Gasteiger partial charge < -0.3 is 16.0 Å². The molecule has 2 aromatic carbocycles. The van der Waals surface area contributed by atoms with Gasteiger partial charge in [0.25, 0.3) is 0 Å². The molecule has 1 unspecified atom stereocenters. The molecule has 0 aliphatic heterocycles. The van der Waals surface area contributed by atoms with Gasteiger partial charge in [-0.1, -0.05) is 32.0 Å². The Kier molecular flexibility index (Phi) is 7.64. The van der Waals surface area contributed by atoms with Gasteiger partial charge in [-0.3, -0.25) is 9.59 Å². The van der Waals surface area contributed by atoms with Crippen LogP contribution in [0.1, 0.15) is 31.4 Å². The van der Waals surface area contributed by atoms with Crippen LogP contribution in [0.2, 0.25) is 0 Å². The molecular formula is C21H24F3N3O2. The number of carbonyl (C=O) groups is 2. The van der Waals surface area contributed by atoms with Crippen molar-refractivity contribution in [2.45, 2.75) is 33.0 Å². The molecule has 8 heteroatoms. The molecule has 0 saturated heterocycles. The largest absolute Gasteiger partial charge is 0.416 e. The first kappa shape index (κ1) is 22.3. The second-order valence-corrected chi connectivity index (χ2v) is 6.71. The molecule has 156 valence electrons. The number of carbonyl (C=O) groups excluding carboxylic acids is 2. The first-order valence-corrected chi connectivity index (χ1v) is 9.26. The maximum Gasteiger partial charge on any atom is 0.416 e. The molecule has 0 aromatic heterocycles. The van der Waals surface area contributed by atoms with Crippen molar-refractivity contribution >= 4 is 23.2 Å². The Balaban J connectivity index is 1.85. The van der Waals surface area contributed by atoms with E-state index >= 15 is 0 Å². The minimum Gasteiger partial charge on any atom is -0.376 e. The Morgan fingerprint density at radius 2 is 1.72 bits per heavy atom. The lowest BCUT2D eigenvalue weighted by Crippen LogP contribution is -2.29. The summed E-state index contributed by atoms with van der Waals surface area (Å²) < 4.78 is 38.2. The van der Waals surface area contributed by atoms with E-state index in [0.717, 1.165) is 24.1 Å². The Labute approximate surface area is 167 Å². The molecule has 0 saturated carbocycles. The van der Waals surface area contributed by atoms with Gasteiger partial charge in [-0.15, -0.1) is 0 Å². The minimum atomic E-state index is -4.44. The average molecular weight is 407 g/mol. The maximum atomic E-state index is 12.7. The Morgan fingerprint density at radius 3 is 2.41 bits per heavy atom. The highest BCUT2D eigenvalue weighted by Gasteiger charge is 2.30. The van der Waals surface area contributed by atoms with Crippen molar-refractivity contribution in [3.05, 3.63) is 59.7 Å². The molecule has 0 radical (unpaired) electrons. The SMILES string of the molecule is CCC(C)C(=O)Nc1cccc(CNC(=O)CNc2cccc(C(F)(F)F)c2)c1. The number of halogens is 3. The summed E-state index contributed by atoms with van der Waals surface area (Å²) in [6.45, 7) is 3.85. The van der Waals surface area contributed by atoms with Crippen molar-refractivity contribution in [3.63, 3.8) is 0 Å². The molecular weight excluding hydrogens is 383 g/mol. The molecule has 0 aliphatic carbocycles. The van der Waals surface area contributed by atoms with E-state index in [-0.39, 0.29) is 36.5 Å². The van der Waals surface area contributed by atoms with Crippen LogP contribution in [0.4, 0.5) is 24.5 Å². The number of hydrogen-bond acceptors (Lipinski definition) is 3. The molecule has 0 fully saturated rings. The van der Waals surface area contributed by atoms with Gasteiger partial charge in [0.15, 0.2) is 0 Å². The van der Waals surface area contributed by atoms with Crippen molar-refractivity contribution in [2.24, 2.45) is 5.92 Å². The molecule has 3 N–H and O–H groups in total. The summed E-state index contributed by atoms with van der Waals surface area (Å²) in [6, 6.07) is 11.8. The number of amides is 2. The van der Waals surface area contributed by atoms with Gasteiger partial charge in [-0.05, 0) is 42.3 Å². The molecule has 1 atom stereocenters. The number of benzene rings is 2. The Bertz CT molecular complexity index is 853. The summed E-state index contributed by atoms with van der Waals surface area (Å²) in [5.74, 6) is -0.532. The van der Waals surface area contributed by atoms with Gasteiger partial charge in [0.1, 0.15) is 0 Å². The first-order chi connectivity index (χ1) is 13.7. The van der Waals surface area contributed by atoms with E-state index in [1.165, 1.54) is 12.1 Å². The standard InChI is InChI=1S/C21H24F3N3O2/c1-3-14(2)20(29)27-18-9-4-6-15(10-18)12-26-19(28)13-25-17-8-5-7-16(11-17)21(22,23)24/h4-11,14,25H,3,12-13H2,1-2H3,(H,26,28)(H,27,29). The number of alkyl halides is 3. The monoisotopic (exact) mass is 407 g/mol. The molecule has 2 amide bonds. The molecule has 0 heterocycles. The van der Waals surface area contributed by atoms with E-state index < -0.39 is 11.7 Å². The third-order valence-electron chi connectivity index (χ3n) is 4.39. The quantitative estimate of drug-likeness (QED) is 0.607. The fraction of sp³-hybridized carbons (Fsp3) is 0.333. The summed E-state index contributed by atoms with van der Waals surface area (Å²) in [4.78, 5) is 24.0. The fourth-order valence-corrected chi connectivity index (χ4v) is 2.46. The van der Waals surface area contributed by atoms with Crippen molar-refractivity contribution in [1.82, 2.24) is 5.32 Å².